The third kappa shape index (κ3) is 4.45. The molecule has 5 aromatic rings. The first kappa shape index (κ1) is 28.3. The summed E-state index contributed by atoms with van der Waals surface area (Å²) in [7, 11) is 0. The number of hydrogen-bond donors (Lipinski definition) is 4. The zero-order valence-electron chi connectivity index (χ0n) is 25.7. The van der Waals surface area contributed by atoms with Crippen LogP contribution in [-0.2, 0) is 10.2 Å². The predicted octanol–water partition coefficient (Wildman–Crippen LogP) is 7.11. The Morgan fingerprint density at radius 2 is 1.61 bits per heavy atom. The van der Waals surface area contributed by atoms with E-state index in [1.165, 1.54) is 11.3 Å². The number of rotatable bonds is 4. The summed E-state index contributed by atoms with van der Waals surface area (Å²) in [5, 5.41) is 9.22. The van der Waals surface area contributed by atoms with Gasteiger partial charge in [0.15, 0.2) is 5.78 Å². The van der Waals surface area contributed by atoms with Gasteiger partial charge in [-0.3, -0.25) is 19.7 Å². The Kier molecular flexibility index (Phi) is 5.95. The summed E-state index contributed by atoms with van der Waals surface area (Å²) < 4.78 is 5.32. The van der Waals surface area contributed by atoms with Crippen molar-refractivity contribution in [2.75, 3.05) is 17.2 Å². The monoisotopic (exact) mass is 633 g/mol. The van der Waals surface area contributed by atoms with Crippen LogP contribution in [0.5, 0.6) is 0 Å². The SMILES string of the molecule is Cc1csc2c1[C@@]13C[C@@H]1CN(C(=O)c1cc4cc(NC(=O)c5cc6cc(NC(=O)OC(C)(C)C)ccc6[nH]5)ccc4[nH]1)C3=CC2=O. The number of nitrogens with one attached hydrogen (secondary N) is 4. The normalized spacial score (nSPS) is 19.8. The number of carbonyl (C=O) groups is 4. The third-order valence-corrected chi connectivity index (χ3v) is 10.1. The number of fused-ring (bicyclic) bond motifs is 3. The Morgan fingerprint density at radius 3 is 2.30 bits per heavy atom. The van der Waals surface area contributed by atoms with Crippen molar-refractivity contribution in [3.05, 3.63) is 93.1 Å². The van der Waals surface area contributed by atoms with Gasteiger partial charge in [-0.2, -0.15) is 0 Å². The molecule has 2 atom stereocenters. The molecule has 4 heterocycles. The first-order valence-electron chi connectivity index (χ1n) is 15.1. The first-order valence-corrected chi connectivity index (χ1v) is 16.0. The molecule has 3 amide bonds. The molecule has 232 valence electrons. The van der Waals surface area contributed by atoms with Gasteiger partial charge in [0, 0.05) is 56.9 Å². The molecular formula is C35H31N5O5S. The van der Waals surface area contributed by atoms with E-state index in [4.69, 9.17) is 4.74 Å². The Morgan fingerprint density at radius 1 is 0.957 bits per heavy atom. The Hall–Kier alpha value is -5.16. The fourth-order valence-corrected chi connectivity index (χ4v) is 8.10. The average Bonchev–Trinajstić information content (AvgIpc) is 3.43. The highest BCUT2D eigenvalue weighted by Gasteiger charge is 2.68. The number of carbonyl (C=O) groups excluding carboxylic acids is 4. The smallest absolute Gasteiger partial charge is 0.412 e. The predicted molar refractivity (Wildman–Crippen MR) is 177 cm³/mol. The summed E-state index contributed by atoms with van der Waals surface area (Å²) in [6.45, 7) is 8.02. The number of benzene rings is 2. The molecule has 0 radical (unpaired) electrons. The number of aromatic nitrogens is 2. The van der Waals surface area contributed by atoms with Crippen molar-refractivity contribution in [3.63, 3.8) is 0 Å². The van der Waals surface area contributed by atoms with E-state index in [9.17, 15) is 19.2 Å². The summed E-state index contributed by atoms with van der Waals surface area (Å²) >= 11 is 1.50. The fraction of sp³-hybridized carbons (Fsp3) is 0.257. The van der Waals surface area contributed by atoms with Crippen LogP contribution in [0.15, 0.2) is 65.7 Å². The van der Waals surface area contributed by atoms with E-state index >= 15 is 0 Å². The van der Waals surface area contributed by atoms with E-state index in [1.807, 2.05) is 17.5 Å². The summed E-state index contributed by atoms with van der Waals surface area (Å²) in [6, 6.07) is 14.2. The van der Waals surface area contributed by atoms with E-state index in [0.717, 1.165) is 49.9 Å². The summed E-state index contributed by atoms with van der Waals surface area (Å²) in [6.07, 6.45) is 2.08. The van der Waals surface area contributed by atoms with Crippen LogP contribution < -0.4 is 10.6 Å². The molecule has 1 saturated heterocycles. The lowest BCUT2D eigenvalue weighted by molar-refractivity contribution is 0.0635. The molecule has 3 aromatic heterocycles. The molecule has 10 nitrogen and oxygen atoms in total. The largest absolute Gasteiger partial charge is 0.444 e. The van der Waals surface area contributed by atoms with Gasteiger partial charge in [0.25, 0.3) is 11.8 Å². The van der Waals surface area contributed by atoms with Crippen LogP contribution in [0.3, 0.4) is 0 Å². The number of aromatic amines is 2. The van der Waals surface area contributed by atoms with Gasteiger partial charge in [-0.15, -0.1) is 11.3 Å². The highest BCUT2D eigenvalue weighted by molar-refractivity contribution is 7.12. The van der Waals surface area contributed by atoms with Crippen molar-refractivity contribution in [1.82, 2.24) is 14.9 Å². The summed E-state index contributed by atoms with van der Waals surface area (Å²) in [5.74, 6) is -0.194. The van der Waals surface area contributed by atoms with Gasteiger partial charge in [0.2, 0.25) is 0 Å². The van der Waals surface area contributed by atoms with Gasteiger partial charge in [0.05, 0.1) is 4.88 Å². The topological polar surface area (TPSA) is 136 Å². The second-order valence-corrected chi connectivity index (χ2v) is 14.2. The van der Waals surface area contributed by atoms with Crippen molar-refractivity contribution in [1.29, 1.82) is 0 Å². The van der Waals surface area contributed by atoms with Gasteiger partial charge in [0.1, 0.15) is 17.0 Å². The van der Waals surface area contributed by atoms with Crippen molar-refractivity contribution < 1.29 is 23.9 Å². The molecule has 1 spiro atoms. The number of nitrogens with zero attached hydrogens (tertiary/aromatic N) is 1. The lowest BCUT2D eigenvalue weighted by Crippen LogP contribution is -2.33. The molecule has 8 rings (SSSR count). The minimum atomic E-state index is -0.617. The van der Waals surface area contributed by atoms with E-state index < -0.39 is 11.7 Å². The minimum absolute atomic E-state index is 0.0241. The molecule has 1 aliphatic heterocycles. The van der Waals surface area contributed by atoms with Crippen LogP contribution >= 0.6 is 11.3 Å². The lowest BCUT2D eigenvalue weighted by atomic mass is 9.84. The second-order valence-electron chi connectivity index (χ2n) is 13.4. The number of amides is 3. The van der Waals surface area contributed by atoms with Crippen LogP contribution in [0, 0.1) is 12.8 Å². The van der Waals surface area contributed by atoms with Crippen molar-refractivity contribution in [2.45, 2.75) is 45.1 Å². The van der Waals surface area contributed by atoms with Crippen LogP contribution in [0.1, 0.15) is 69.0 Å². The molecule has 2 aliphatic carbocycles. The summed E-state index contributed by atoms with van der Waals surface area (Å²) in [4.78, 5) is 61.0. The highest BCUT2D eigenvalue weighted by atomic mass is 32.1. The number of hydrogen-bond acceptors (Lipinski definition) is 6. The first-order chi connectivity index (χ1) is 21.9. The second kappa shape index (κ2) is 9.67. The van der Waals surface area contributed by atoms with Gasteiger partial charge in [-0.05, 0) is 105 Å². The maximum Gasteiger partial charge on any atom is 0.412 e. The highest BCUT2D eigenvalue weighted by Crippen LogP contribution is 2.68. The van der Waals surface area contributed by atoms with Gasteiger partial charge < -0.3 is 24.9 Å². The van der Waals surface area contributed by atoms with Crippen LogP contribution in [0.2, 0.25) is 0 Å². The van der Waals surface area contributed by atoms with Crippen molar-refractivity contribution >= 4 is 68.2 Å². The molecular weight excluding hydrogens is 602 g/mol. The minimum Gasteiger partial charge on any atom is -0.444 e. The number of ether oxygens (including phenoxy) is 1. The van der Waals surface area contributed by atoms with Crippen LogP contribution in [0.25, 0.3) is 21.8 Å². The molecule has 4 N–H and O–H groups in total. The molecule has 1 saturated carbocycles. The molecule has 11 heteroatoms. The van der Waals surface area contributed by atoms with Crippen LogP contribution in [0.4, 0.5) is 16.2 Å². The molecule has 3 aliphatic rings. The third-order valence-electron chi connectivity index (χ3n) is 9.03. The number of H-pyrrole nitrogens is 2. The fourth-order valence-electron chi connectivity index (χ4n) is 7.05. The van der Waals surface area contributed by atoms with Gasteiger partial charge in [-0.25, -0.2) is 4.79 Å². The average molecular weight is 634 g/mol. The van der Waals surface area contributed by atoms with Crippen molar-refractivity contribution in [2.24, 2.45) is 5.92 Å². The summed E-state index contributed by atoms with van der Waals surface area (Å²) in [5.41, 5.74) is 5.65. The zero-order valence-corrected chi connectivity index (χ0v) is 26.5. The van der Waals surface area contributed by atoms with Crippen molar-refractivity contribution in [3.8, 4) is 0 Å². The standard InChI is InChI=1S/C35H31N5O5S/c1-17-16-46-30-27(41)13-28-35(29(17)30)14-20(35)15-40(28)32(43)26-12-19-9-21(5-7-24(19)39-26)36-31(42)25-11-18-10-22(6-8-23(18)38-25)37-33(44)45-34(2,3)4/h5-13,16,20,38-39H,14-15H2,1-4H3,(H,36,42)(H,37,44)/t20-,35+/m1/s1. The quantitative estimate of drug-likeness (QED) is 0.167. The number of piperidine rings is 1. The van der Waals surface area contributed by atoms with E-state index in [0.29, 0.717) is 35.2 Å². The molecule has 46 heavy (non-hydrogen) atoms. The number of likely N-dealkylation sites (tertiary alicyclic amines) is 1. The van der Waals surface area contributed by atoms with E-state index in [-0.39, 0.29) is 23.0 Å². The maximum atomic E-state index is 13.8. The Balaban J connectivity index is 0.988. The lowest BCUT2D eigenvalue weighted by Gasteiger charge is -2.28. The van der Waals surface area contributed by atoms with Gasteiger partial charge >= 0.3 is 6.09 Å². The Labute approximate surface area is 267 Å². The van der Waals surface area contributed by atoms with E-state index in [1.54, 1.807) is 68.1 Å². The van der Waals surface area contributed by atoms with Crippen LogP contribution in [-0.4, -0.2) is 50.7 Å². The van der Waals surface area contributed by atoms with Gasteiger partial charge in [-0.1, -0.05) is 0 Å². The number of allylic oxidation sites excluding steroid dienone is 2. The molecule has 2 aromatic carbocycles. The number of ketones is 1. The molecule has 0 unspecified atom stereocenters. The van der Waals surface area contributed by atoms with E-state index in [2.05, 4.69) is 27.5 Å². The Bertz CT molecular complexity index is 2200. The molecule has 2 fully saturated rings. The number of anilines is 2. The zero-order chi connectivity index (χ0) is 32.1. The molecule has 0 bridgehead atoms. The maximum absolute atomic E-state index is 13.8. The number of aryl methyl sites for hydroxylation is 1. The number of thiophene rings is 1.